The largest absolute Gasteiger partial charge is 0.508 e. The van der Waals surface area contributed by atoms with E-state index in [2.05, 4.69) is 9.80 Å². The SMILES string of the molecule is Oc1cc(C=Cc2ccc(CN3CCCC3)c(O)c2)ccc1CN1CCCC1. The van der Waals surface area contributed by atoms with E-state index in [1.165, 1.54) is 25.7 Å². The zero-order chi connectivity index (χ0) is 19.3. The molecule has 28 heavy (non-hydrogen) atoms. The molecule has 2 heterocycles. The van der Waals surface area contributed by atoms with E-state index >= 15 is 0 Å². The molecule has 0 radical (unpaired) electrons. The van der Waals surface area contributed by atoms with Crippen molar-refractivity contribution in [2.45, 2.75) is 38.8 Å². The van der Waals surface area contributed by atoms with Crippen molar-refractivity contribution >= 4 is 12.2 Å². The number of likely N-dealkylation sites (tertiary alicyclic amines) is 2. The molecule has 4 rings (SSSR count). The Kier molecular flexibility index (Phi) is 5.98. The molecule has 4 heteroatoms. The van der Waals surface area contributed by atoms with Gasteiger partial charge in [-0.15, -0.1) is 0 Å². The first-order chi connectivity index (χ1) is 13.7. The lowest BCUT2D eigenvalue weighted by atomic mass is 10.1. The van der Waals surface area contributed by atoms with E-state index in [0.29, 0.717) is 11.5 Å². The number of hydrogen-bond acceptors (Lipinski definition) is 4. The number of aromatic hydroxyl groups is 2. The zero-order valence-electron chi connectivity index (χ0n) is 16.5. The minimum absolute atomic E-state index is 0.359. The average Bonchev–Trinajstić information content (AvgIpc) is 3.38. The van der Waals surface area contributed by atoms with Gasteiger partial charge >= 0.3 is 0 Å². The van der Waals surface area contributed by atoms with Crippen LogP contribution in [0.2, 0.25) is 0 Å². The highest BCUT2D eigenvalue weighted by molar-refractivity contribution is 5.71. The van der Waals surface area contributed by atoms with E-state index in [1.807, 2.05) is 48.6 Å². The average molecular weight is 379 g/mol. The number of benzene rings is 2. The summed E-state index contributed by atoms with van der Waals surface area (Å²) in [5, 5.41) is 20.7. The summed E-state index contributed by atoms with van der Waals surface area (Å²) in [6, 6.07) is 11.8. The van der Waals surface area contributed by atoms with Crippen LogP contribution < -0.4 is 0 Å². The second kappa shape index (κ2) is 8.80. The lowest BCUT2D eigenvalue weighted by molar-refractivity contribution is 0.324. The number of phenols is 2. The molecule has 2 aliphatic heterocycles. The fourth-order valence-electron chi connectivity index (χ4n) is 4.19. The molecule has 0 aliphatic carbocycles. The Morgan fingerprint density at radius 3 is 1.39 bits per heavy atom. The summed E-state index contributed by atoms with van der Waals surface area (Å²) in [6.07, 6.45) is 8.98. The van der Waals surface area contributed by atoms with Crippen LogP contribution in [0, 0.1) is 0 Å². The lowest BCUT2D eigenvalue weighted by Crippen LogP contribution is -2.18. The van der Waals surface area contributed by atoms with E-state index in [9.17, 15) is 10.2 Å². The van der Waals surface area contributed by atoms with Crippen molar-refractivity contribution in [1.82, 2.24) is 9.80 Å². The summed E-state index contributed by atoms with van der Waals surface area (Å²) in [5.74, 6) is 0.718. The van der Waals surface area contributed by atoms with Crippen molar-refractivity contribution in [3.63, 3.8) is 0 Å². The third-order valence-electron chi connectivity index (χ3n) is 5.87. The van der Waals surface area contributed by atoms with E-state index in [1.54, 1.807) is 0 Å². The molecule has 0 amide bonds. The maximum absolute atomic E-state index is 10.4. The minimum Gasteiger partial charge on any atom is -0.508 e. The summed E-state index contributed by atoms with van der Waals surface area (Å²) in [4.78, 5) is 4.77. The van der Waals surface area contributed by atoms with Gasteiger partial charge < -0.3 is 10.2 Å². The standard InChI is InChI=1S/C24H30N2O2/c27-23-15-19(7-9-21(23)17-25-11-1-2-12-25)5-6-20-8-10-22(24(28)16-20)18-26-13-3-4-14-26/h5-10,15-16,27-28H,1-4,11-14,17-18H2. The molecule has 0 unspecified atom stereocenters. The molecular formula is C24H30N2O2. The zero-order valence-corrected chi connectivity index (χ0v) is 16.5. The summed E-state index contributed by atoms with van der Waals surface area (Å²) in [7, 11) is 0. The summed E-state index contributed by atoms with van der Waals surface area (Å²) in [6.45, 7) is 6.14. The normalized spacial score (nSPS) is 18.4. The van der Waals surface area contributed by atoms with Crippen LogP contribution in [0.1, 0.15) is 47.9 Å². The number of nitrogens with zero attached hydrogens (tertiary/aromatic N) is 2. The van der Waals surface area contributed by atoms with Crippen LogP contribution >= 0.6 is 0 Å². The van der Waals surface area contributed by atoms with Gasteiger partial charge in [0.15, 0.2) is 0 Å². The van der Waals surface area contributed by atoms with Crippen molar-refractivity contribution in [2.75, 3.05) is 26.2 Å². The first-order valence-electron chi connectivity index (χ1n) is 10.4. The van der Waals surface area contributed by atoms with Crippen molar-refractivity contribution in [2.24, 2.45) is 0 Å². The van der Waals surface area contributed by atoms with Gasteiger partial charge in [-0.3, -0.25) is 9.80 Å². The third-order valence-corrected chi connectivity index (χ3v) is 5.87. The molecule has 0 atom stereocenters. The van der Waals surface area contributed by atoms with Crippen LogP contribution in [0.5, 0.6) is 11.5 Å². The molecule has 4 nitrogen and oxygen atoms in total. The molecule has 148 valence electrons. The van der Waals surface area contributed by atoms with Crippen LogP contribution in [0.3, 0.4) is 0 Å². The van der Waals surface area contributed by atoms with Crippen molar-refractivity contribution < 1.29 is 10.2 Å². The topological polar surface area (TPSA) is 46.9 Å². The Labute approximate surface area is 167 Å². The highest BCUT2D eigenvalue weighted by Crippen LogP contribution is 2.25. The molecule has 2 aromatic rings. The smallest absolute Gasteiger partial charge is 0.120 e. The van der Waals surface area contributed by atoms with Crippen LogP contribution in [-0.2, 0) is 13.1 Å². The lowest BCUT2D eigenvalue weighted by Gasteiger charge is -2.16. The molecule has 2 fully saturated rings. The fraction of sp³-hybridized carbons (Fsp3) is 0.417. The second-order valence-electron chi connectivity index (χ2n) is 8.08. The van der Waals surface area contributed by atoms with Gasteiger partial charge in [-0.1, -0.05) is 36.4 Å². The van der Waals surface area contributed by atoms with Gasteiger partial charge in [-0.2, -0.15) is 0 Å². The Bertz CT molecular complexity index is 765. The Morgan fingerprint density at radius 2 is 1.04 bits per heavy atom. The Morgan fingerprint density at radius 1 is 0.643 bits per heavy atom. The van der Waals surface area contributed by atoms with Gasteiger partial charge in [-0.05, 0) is 75.1 Å². The third kappa shape index (κ3) is 4.75. The first-order valence-corrected chi connectivity index (χ1v) is 10.4. The van der Waals surface area contributed by atoms with Gasteiger partial charge in [0, 0.05) is 24.2 Å². The van der Waals surface area contributed by atoms with Gasteiger partial charge in [0.05, 0.1) is 0 Å². The molecular weight excluding hydrogens is 348 g/mol. The molecule has 0 aromatic heterocycles. The molecule has 2 saturated heterocycles. The van der Waals surface area contributed by atoms with Crippen molar-refractivity contribution in [1.29, 1.82) is 0 Å². The van der Waals surface area contributed by atoms with Gasteiger partial charge in [0.1, 0.15) is 11.5 Å². The predicted molar refractivity (Wildman–Crippen MR) is 114 cm³/mol. The molecule has 0 spiro atoms. The second-order valence-corrected chi connectivity index (χ2v) is 8.08. The number of hydrogen-bond donors (Lipinski definition) is 2. The number of phenolic OH excluding ortho intramolecular Hbond substituents is 2. The summed E-state index contributed by atoms with van der Waals surface area (Å²) in [5.41, 5.74) is 3.90. The van der Waals surface area contributed by atoms with Gasteiger partial charge in [0.25, 0.3) is 0 Å². The van der Waals surface area contributed by atoms with E-state index in [4.69, 9.17) is 0 Å². The van der Waals surface area contributed by atoms with E-state index in [-0.39, 0.29) is 0 Å². The Balaban J connectivity index is 1.40. The highest BCUT2D eigenvalue weighted by atomic mass is 16.3. The summed E-state index contributed by atoms with van der Waals surface area (Å²) >= 11 is 0. The minimum atomic E-state index is 0.359. The highest BCUT2D eigenvalue weighted by Gasteiger charge is 2.14. The van der Waals surface area contributed by atoms with Crippen LogP contribution in [-0.4, -0.2) is 46.2 Å². The van der Waals surface area contributed by atoms with Crippen LogP contribution in [0.15, 0.2) is 36.4 Å². The maximum Gasteiger partial charge on any atom is 0.120 e. The maximum atomic E-state index is 10.4. The monoisotopic (exact) mass is 378 g/mol. The van der Waals surface area contributed by atoms with Crippen LogP contribution in [0.4, 0.5) is 0 Å². The van der Waals surface area contributed by atoms with E-state index < -0.39 is 0 Å². The number of rotatable bonds is 6. The Hall–Kier alpha value is -2.30. The van der Waals surface area contributed by atoms with Gasteiger partial charge in [-0.25, -0.2) is 0 Å². The molecule has 2 aromatic carbocycles. The molecule has 2 aliphatic rings. The predicted octanol–water partition coefficient (Wildman–Crippen LogP) is 4.46. The van der Waals surface area contributed by atoms with Crippen LogP contribution in [0.25, 0.3) is 12.2 Å². The fourth-order valence-corrected chi connectivity index (χ4v) is 4.19. The first kappa shape index (κ1) is 19.0. The van der Waals surface area contributed by atoms with Crippen molar-refractivity contribution in [3.8, 4) is 11.5 Å². The molecule has 0 saturated carbocycles. The molecule has 0 bridgehead atoms. The summed E-state index contributed by atoms with van der Waals surface area (Å²) < 4.78 is 0. The quantitative estimate of drug-likeness (QED) is 0.729. The van der Waals surface area contributed by atoms with Gasteiger partial charge in [0.2, 0.25) is 0 Å². The van der Waals surface area contributed by atoms with E-state index in [0.717, 1.165) is 61.5 Å². The van der Waals surface area contributed by atoms with Crippen molar-refractivity contribution in [3.05, 3.63) is 58.7 Å². The molecule has 2 N–H and O–H groups in total.